The van der Waals surface area contributed by atoms with Gasteiger partial charge in [-0.2, -0.15) is 47.4 Å². The van der Waals surface area contributed by atoms with E-state index in [1.165, 1.54) is 0 Å². The molecule has 3 heterocycles. The highest BCUT2D eigenvalue weighted by molar-refractivity contribution is 6.14. The number of aromatic nitrogens is 5. The number of hydrogen-bond donors (Lipinski definition) is 0. The average Bonchev–Trinajstić information content (AvgIpc) is 1.56. The molecule has 0 aliphatic carbocycles. The molecule has 0 aliphatic heterocycles. The van der Waals surface area contributed by atoms with Gasteiger partial charge in [-0.05, 0) is 166 Å². The van der Waals surface area contributed by atoms with Crippen molar-refractivity contribution < 1.29 is 0 Å². The number of nitriles is 9. The summed E-state index contributed by atoms with van der Waals surface area (Å²) in [5, 5.41) is 95.7. The zero-order chi connectivity index (χ0) is 67.1. The minimum atomic E-state index is 0.311. The second-order valence-corrected chi connectivity index (χ2v) is 23.1. The summed E-state index contributed by atoms with van der Waals surface area (Å²) in [4.78, 5) is 15.5. The molecule has 98 heavy (non-hydrogen) atoms. The van der Waals surface area contributed by atoms with E-state index >= 15 is 0 Å². The van der Waals surface area contributed by atoms with Gasteiger partial charge in [0, 0.05) is 49.4 Å². The standard InChI is InChI=1S/C84H40N14/c85-41-50-11-21-66(62(31-50)46-90)57-17-27-77-72(36-57)73-37-58(67-22-12-51(42-86)32-63(67)47-91)18-28-78(73)97(77)76-26-15-54(45-89)35-71(76)70-25-16-61(84-95-82(55-7-3-1-4-8-55)94-83(96-84)56-9-5-2-6-10-56)40-81(70)98-79-29-19-59(68-23-13-52(43-87)33-64(68)48-92)38-74(79)75-39-60(20-30-80(75)98)69-24-14-53(44-88)34-65(69)49-93/h1-40H. The molecule has 0 aliphatic rings. The minimum absolute atomic E-state index is 0.311. The van der Waals surface area contributed by atoms with Crippen LogP contribution in [0.15, 0.2) is 243 Å². The molecule has 0 fully saturated rings. The predicted octanol–water partition coefficient (Wildman–Crippen LogP) is 18.2. The molecule has 14 nitrogen and oxygen atoms in total. The molecule has 0 amide bonds. The zero-order valence-corrected chi connectivity index (χ0v) is 51.4. The molecule has 0 atom stereocenters. The molecule has 0 saturated carbocycles. The molecular formula is C84H40N14. The topological polar surface area (TPSA) is 263 Å². The fourth-order valence-corrected chi connectivity index (χ4v) is 13.1. The van der Waals surface area contributed by atoms with Crippen LogP contribution in [-0.4, -0.2) is 24.1 Å². The van der Waals surface area contributed by atoms with Crippen LogP contribution in [0.3, 0.4) is 0 Å². The zero-order valence-electron chi connectivity index (χ0n) is 51.4. The lowest BCUT2D eigenvalue weighted by Gasteiger charge is -2.20. The fourth-order valence-electron chi connectivity index (χ4n) is 13.1. The highest BCUT2D eigenvalue weighted by Crippen LogP contribution is 2.46. The highest BCUT2D eigenvalue weighted by Gasteiger charge is 2.26. The molecule has 12 aromatic carbocycles. The Labute approximate surface area is 560 Å². The van der Waals surface area contributed by atoms with Crippen molar-refractivity contribution in [3.8, 4) is 156 Å². The Hall–Kier alpha value is -15.3. The van der Waals surface area contributed by atoms with Gasteiger partial charge in [0.05, 0.1) is 138 Å². The van der Waals surface area contributed by atoms with Crippen molar-refractivity contribution in [2.45, 2.75) is 0 Å². The number of rotatable bonds is 10. The maximum Gasteiger partial charge on any atom is 0.164 e. The molecule has 0 bridgehead atoms. The summed E-state index contributed by atoms with van der Waals surface area (Å²) in [5.74, 6) is 1.27. The number of fused-ring (bicyclic) bond motifs is 6. The first-order valence-electron chi connectivity index (χ1n) is 30.6. The summed E-state index contributed by atoms with van der Waals surface area (Å²) in [6, 6.07) is 95.2. The molecule has 0 N–H and O–H groups in total. The Morgan fingerprint density at radius 1 is 0.214 bits per heavy atom. The maximum atomic E-state index is 11.0. The van der Waals surface area contributed by atoms with Crippen molar-refractivity contribution in [2.75, 3.05) is 0 Å². The lowest BCUT2D eigenvalue weighted by molar-refractivity contribution is 1.07. The average molecular weight is 1250 g/mol. The lowest BCUT2D eigenvalue weighted by Crippen LogP contribution is -2.04. The molecule has 446 valence electrons. The van der Waals surface area contributed by atoms with E-state index in [0.29, 0.717) is 140 Å². The predicted molar refractivity (Wildman–Crippen MR) is 374 cm³/mol. The Balaban J connectivity index is 1.05. The summed E-state index contributed by atoms with van der Waals surface area (Å²) >= 11 is 0. The quantitative estimate of drug-likeness (QED) is 0.124. The van der Waals surface area contributed by atoms with Crippen molar-refractivity contribution in [1.29, 1.82) is 47.4 Å². The van der Waals surface area contributed by atoms with E-state index in [4.69, 9.17) is 15.0 Å². The van der Waals surface area contributed by atoms with Gasteiger partial charge in [-0.1, -0.05) is 121 Å². The van der Waals surface area contributed by atoms with Gasteiger partial charge in [-0.3, -0.25) is 0 Å². The molecule has 14 heteroatoms. The molecule has 0 unspecified atom stereocenters. The first-order valence-corrected chi connectivity index (χ1v) is 30.6. The molecule has 0 saturated heterocycles. The minimum Gasteiger partial charge on any atom is -0.309 e. The molecule has 0 radical (unpaired) electrons. The molecule has 0 spiro atoms. The lowest BCUT2D eigenvalue weighted by atomic mass is 9.95. The van der Waals surface area contributed by atoms with Crippen LogP contribution in [0, 0.1) is 102 Å². The van der Waals surface area contributed by atoms with Gasteiger partial charge in [-0.25, -0.2) is 15.0 Å². The molecule has 15 rings (SSSR count). The van der Waals surface area contributed by atoms with Crippen LogP contribution >= 0.6 is 0 Å². The summed E-state index contributed by atoms with van der Waals surface area (Å²) in [6.45, 7) is 0. The van der Waals surface area contributed by atoms with E-state index in [9.17, 15) is 47.4 Å². The van der Waals surface area contributed by atoms with Crippen LogP contribution in [0.5, 0.6) is 0 Å². The van der Waals surface area contributed by atoms with E-state index in [2.05, 4.69) is 63.8 Å². The normalized spacial score (nSPS) is 10.8. The Morgan fingerprint density at radius 3 is 0.847 bits per heavy atom. The van der Waals surface area contributed by atoms with Crippen molar-refractivity contribution in [3.63, 3.8) is 0 Å². The van der Waals surface area contributed by atoms with Crippen LogP contribution in [0.25, 0.3) is 145 Å². The van der Waals surface area contributed by atoms with E-state index < -0.39 is 0 Å². The summed E-state index contributed by atoms with van der Waals surface area (Å²) < 4.78 is 4.30. The second kappa shape index (κ2) is 24.4. The summed E-state index contributed by atoms with van der Waals surface area (Å²) in [6.07, 6.45) is 0. The molecule has 3 aromatic heterocycles. The van der Waals surface area contributed by atoms with Gasteiger partial charge >= 0.3 is 0 Å². The molecule has 15 aromatic rings. The Morgan fingerprint density at radius 2 is 0.510 bits per heavy atom. The van der Waals surface area contributed by atoms with Gasteiger partial charge < -0.3 is 9.13 Å². The van der Waals surface area contributed by atoms with Gasteiger partial charge in [-0.15, -0.1) is 0 Å². The largest absolute Gasteiger partial charge is 0.309 e. The number of nitrogens with zero attached hydrogens (tertiary/aromatic N) is 14. The second-order valence-electron chi connectivity index (χ2n) is 23.1. The third kappa shape index (κ3) is 10.1. The SMILES string of the molecule is N#Cc1ccc(-c2ccc3c(c2)c2cc(-c4ccc(C#N)cc4C#N)ccc2n3-c2ccc(C#N)cc2-c2ccc(-c3nc(-c4ccccc4)nc(-c4ccccc4)n3)cc2-n2c3ccc(-c4ccc(C#N)cc4C#N)cc3c3cc(-c4ccc(C#N)cc4C#N)ccc32)c(C#N)c1. The Kier molecular flexibility index (Phi) is 14.7. The first-order chi connectivity index (χ1) is 48.1. The van der Waals surface area contributed by atoms with Crippen LogP contribution in [-0.2, 0) is 0 Å². The number of benzene rings is 12. The number of hydrogen-bond acceptors (Lipinski definition) is 12. The van der Waals surface area contributed by atoms with Crippen molar-refractivity contribution >= 4 is 43.6 Å². The molecular weight excluding hydrogens is 1210 g/mol. The van der Waals surface area contributed by atoms with E-state index in [1.807, 2.05) is 164 Å². The van der Waals surface area contributed by atoms with Gasteiger partial charge in [0.15, 0.2) is 17.5 Å². The highest BCUT2D eigenvalue weighted by atomic mass is 15.0. The van der Waals surface area contributed by atoms with Crippen molar-refractivity contribution in [1.82, 2.24) is 24.1 Å². The Bertz CT molecular complexity index is 6050. The third-order valence-electron chi connectivity index (χ3n) is 17.7. The van der Waals surface area contributed by atoms with Crippen molar-refractivity contribution in [2.24, 2.45) is 0 Å². The summed E-state index contributed by atoms with van der Waals surface area (Å²) in [7, 11) is 0. The summed E-state index contributed by atoms with van der Waals surface area (Å²) in [5.41, 5.74) is 16.0. The van der Waals surface area contributed by atoms with Gasteiger partial charge in [0.25, 0.3) is 0 Å². The van der Waals surface area contributed by atoms with Crippen LogP contribution in [0.1, 0.15) is 50.1 Å². The van der Waals surface area contributed by atoms with Gasteiger partial charge in [0.1, 0.15) is 0 Å². The van der Waals surface area contributed by atoms with Crippen LogP contribution in [0.4, 0.5) is 0 Å². The smallest absolute Gasteiger partial charge is 0.164 e. The van der Waals surface area contributed by atoms with Crippen molar-refractivity contribution in [3.05, 3.63) is 293 Å². The van der Waals surface area contributed by atoms with Gasteiger partial charge in [0.2, 0.25) is 0 Å². The third-order valence-corrected chi connectivity index (χ3v) is 17.7. The van der Waals surface area contributed by atoms with E-state index in [0.717, 1.165) is 54.7 Å². The monoisotopic (exact) mass is 1240 g/mol. The van der Waals surface area contributed by atoms with E-state index in [1.54, 1.807) is 78.9 Å². The van der Waals surface area contributed by atoms with E-state index in [-0.39, 0.29) is 0 Å². The fraction of sp³-hybridized carbons (Fsp3) is 0. The van der Waals surface area contributed by atoms with Crippen LogP contribution in [0.2, 0.25) is 0 Å². The maximum absolute atomic E-state index is 11.0. The first kappa shape index (κ1) is 59.0. The van der Waals surface area contributed by atoms with Crippen LogP contribution < -0.4 is 0 Å².